The highest BCUT2D eigenvalue weighted by Gasteiger charge is 2.33. The summed E-state index contributed by atoms with van der Waals surface area (Å²) in [6, 6.07) is 11.8. The fourth-order valence-electron chi connectivity index (χ4n) is 3.39. The average Bonchev–Trinajstić information content (AvgIpc) is 3.33. The van der Waals surface area contributed by atoms with E-state index in [2.05, 4.69) is 37.2 Å². The highest BCUT2D eigenvalue weighted by atomic mass is 16.2. The maximum Gasteiger partial charge on any atom is 0.293 e. The number of fused-ring (bicyclic) bond motifs is 2. The van der Waals surface area contributed by atoms with Gasteiger partial charge in [0.05, 0.1) is 24.3 Å². The van der Waals surface area contributed by atoms with Gasteiger partial charge in [-0.15, -0.1) is 5.10 Å². The van der Waals surface area contributed by atoms with E-state index in [0.717, 1.165) is 17.0 Å². The second-order valence-corrected chi connectivity index (χ2v) is 6.21. The maximum absolute atomic E-state index is 13.0. The van der Waals surface area contributed by atoms with Gasteiger partial charge in [-0.05, 0) is 11.6 Å². The summed E-state index contributed by atoms with van der Waals surface area (Å²) in [4.78, 5) is 30.8. The minimum atomic E-state index is -0.211. The van der Waals surface area contributed by atoms with Crippen LogP contribution in [0.2, 0.25) is 0 Å². The van der Waals surface area contributed by atoms with E-state index < -0.39 is 0 Å². The highest BCUT2D eigenvalue weighted by molar-refractivity contribution is 5.91. The van der Waals surface area contributed by atoms with Crippen LogP contribution >= 0.6 is 0 Å². The lowest BCUT2D eigenvalue weighted by Crippen LogP contribution is -2.39. The van der Waals surface area contributed by atoms with Crippen LogP contribution in [0.5, 0.6) is 0 Å². The lowest BCUT2D eigenvalue weighted by molar-refractivity contribution is 0.0709. The van der Waals surface area contributed by atoms with Gasteiger partial charge in [0, 0.05) is 24.9 Å². The van der Waals surface area contributed by atoms with Crippen LogP contribution < -0.4 is 0 Å². The van der Waals surface area contributed by atoms with E-state index in [-0.39, 0.29) is 17.6 Å². The Balaban J connectivity index is 1.51. The Morgan fingerprint density at radius 1 is 1.15 bits per heavy atom. The van der Waals surface area contributed by atoms with Gasteiger partial charge in [-0.1, -0.05) is 30.3 Å². The molecular formula is C18H15N7O. The Labute approximate surface area is 148 Å². The van der Waals surface area contributed by atoms with Crippen LogP contribution in [-0.2, 0) is 6.54 Å². The second kappa shape index (κ2) is 5.76. The zero-order chi connectivity index (χ0) is 17.5. The molecule has 5 rings (SSSR count). The Kier molecular flexibility index (Phi) is 3.27. The van der Waals surface area contributed by atoms with Crippen molar-refractivity contribution in [2.75, 3.05) is 6.54 Å². The van der Waals surface area contributed by atoms with Crippen molar-refractivity contribution in [3.63, 3.8) is 0 Å². The van der Waals surface area contributed by atoms with Crippen molar-refractivity contribution in [2.45, 2.75) is 12.5 Å². The number of imidazole rings is 1. The molecule has 8 heteroatoms. The van der Waals surface area contributed by atoms with Crippen LogP contribution in [-0.4, -0.2) is 46.9 Å². The first-order valence-electron chi connectivity index (χ1n) is 8.33. The van der Waals surface area contributed by atoms with Crippen molar-refractivity contribution in [1.29, 1.82) is 0 Å². The molecule has 0 fully saturated rings. The molecule has 3 aromatic heterocycles. The lowest BCUT2D eigenvalue weighted by Gasteiger charge is -2.31. The number of nitrogens with zero attached hydrogens (tertiary/aromatic N) is 6. The Hall–Kier alpha value is -3.55. The van der Waals surface area contributed by atoms with Crippen molar-refractivity contribution in [1.82, 2.24) is 34.4 Å². The van der Waals surface area contributed by atoms with Crippen LogP contribution in [0.1, 0.15) is 33.5 Å². The normalized spacial score (nSPS) is 16.6. The van der Waals surface area contributed by atoms with Crippen LogP contribution in [0.4, 0.5) is 0 Å². The third-order valence-corrected chi connectivity index (χ3v) is 4.63. The number of carbonyl (C=O) groups is 1. The van der Waals surface area contributed by atoms with E-state index in [1.54, 1.807) is 29.7 Å². The quantitative estimate of drug-likeness (QED) is 0.596. The third kappa shape index (κ3) is 2.34. The first kappa shape index (κ1) is 14.8. The number of hydrogen-bond acceptors (Lipinski definition) is 5. The predicted octanol–water partition coefficient (Wildman–Crippen LogP) is 1.64. The summed E-state index contributed by atoms with van der Waals surface area (Å²) in [5.74, 6) is 0.371. The molecule has 0 radical (unpaired) electrons. The fourth-order valence-corrected chi connectivity index (χ4v) is 3.39. The molecule has 0 saturated carbocycles. The summed E-state index contributed by atoms with van der Waals surface area (Å²) in [5.41, 5.74) is 3.06. The zero-order valence-corrected chi connectivity index (χ0v) is 13.8. The predicted molar refractivity (Wildman–Crippen MR) is 92.4 cm³/mol. The van der Waals surface area contributed by atoms with Gasteiger partial charge in [0.2, 0.25) is 5.82 Å². The van der Waals surface area contributed by atoms with E-state index >= 15 is 0 Å². The number of carbonyl (C=O) groups excluding carboxylic acids is 1. The number of rotatable bonds is 2. The minimum absolute atomic E-state index is 0.0188. The van der Waals surface area contributed by atoms with Gasteiger partial charge in [-0.25, -0.2) is 14.5 Å². The molecule has 0 spiro atoms. The molecule has 1 aromatic carbocycles. The van der Waals surface area contributed by atoms with Crippen LogP contribution in [0.15, 0.2) is 55.1 Å². The summed E-state index contributed by atoms with van der Waals surface area (Å²) in [6.07, 6.45) is 5.03. The van der Waals surface area contributed by atoms with Gasteiger partial charge in [0.25, 0.3) is 11.7 Å². The Morgan fingerprint density at radius 3 is 2.88 bits per heavy atom. The van der Waals surface area contributed by atoms with E-state index in [1.165, 1.54) is 4.52 Å². The first-order valence-corrected chi connectivity index (χ1v) is 8.33. The molecule has 4 aromatic rings. The third-order valence-electron chi connectivity index (χ3n) is 4.63. The van der Waals surface area contributed by atoms with Crippen LogP contribution in [0.25, 0.3) is 5.78 Å². The smallest absolute Gasteiger partial charge is 0.293 e. The molecule has 26 heavy (non-hydrogen) atoms. The molecule has 0 bridgehead atoms. The molecule has 128 valence electrons. The van der Waals surface area contributed by atoms with Gasteiger partial charge in [0.15, 0.2) is 0 Å². The number of H-pyrrole nitrogens is 1. The summed E-state index contributed by atoms with van der Waals surface area (Å²) >= 11 is 0. The molecule has 1 atom stereocenters. The zero-order valence-electron chi connectivity index (χ0n) is 13.8. The van der Waals surface area contributed by atoms with E-state index in [1.807, 2.05) is 18.2 Å². The van der Waals surface area contributed by atoms with E-state index in [0.29, 0.717) is 18.9 Å². The number of amides is 1. The Morgan fingerprint density at radius 2 is 2.04 bits per heavy atom. The van der Waals surface area contributed by atoms with Crippen molar-refractivity contribution >= 4 is 11.7 Å². The largest absolute Gasteiger partial charge is 0.347 e. The second-order valence-electron chi connectivity index (χ2n) is 6.21. The SMILES string of the molecule is O=C(c1nc2ncccn2n1)N1Cc2[nH]cnc2C(c2ccccc2)C1. The van der Waals surface area contributed by atoms with Gasteiger partial charge < -0.3 is 9.88 Å². The Bertz CT molecular complexity index is 1050. The summed E-state index contributed by atoms with van der Waals surface area (Å²) in [7, 11) is 0. The maximum atomic E-state index is 13.0. The molecule has 1 aliphatic rings. The molecule has 0 saturated heterocycles. The monoisotopic (exact) mass is 345 g/mol. The highest BCUT2D eigenvalue weighted by Crippen LogP contribution is 2.31. The van der Waals surface area contributed by atoms with Crippen molar-refractivity contribution < 1.29 is 4.79 Å². The number of hydrogen-bond donors (Lipinski definition) is 1. The average molecular weight is 345 g/mol. The molecule has 8 nitrogen and oxygen atoms in total. The molecule has 0 aliphatic carbocycles. The number of aromatic nitrogens is 6. The van der Waals surface area contributed by atoms with Gasteiger partial charge in [0.1, 0.15) is 0 Å². The standard InChI is InChI=1S/C18H15N7O/c26-17(16-22-18-19-7-4-8-25(18)23-16)24-9-13(12-5-2-1-3-6-12)15-14(10-24)20-11-21-15/h1-8,11,13H,9-10H2,(H,20,21). The molecular weight excluding hydrogens is 330 g/mol. The summed E-state index contributed by atoms with van der Waals surface area (Å²) < 4.78 is 1.51. The fraction of sp³-hybridized carbons (Fsp3) is 0.167. The molecule has 1 N–H and O–H groups in total. The van der Waals surface area contributed by atoms with Crippen molar-refractivity contribution in [3.8, 4) is 0 Å². The van der Waals surface area contributed by atoms with Crippen LogP contribution in [0.3, 0.4) is 0 Å². The summed E-state index contributed by atoms with van der Waals surface area (Å²) in [5, 5.41) is 4.26. The molecule has 1 unspecified atom stereocenters. The molecule has 1 aliphatic heterocycles. The molecule has 1 amide bonds. The number of benzene rings is 1. The van der Waals surface area contributed by atoms with Gasteiger partial charge in [-0.2, -0.15) is 4.98 Å². The van der Waals surface area contributed by atoms with Crippen molar-refractivity contribution in [3.05, 3.63) is 77.9 Å². The minimum Gasteiger partial charge on any atom is -0.347 e. The lowest BCUT2D eigenvalue weighted by atomic mass is 9.91. The summed E-state index contributed by atoms with van der Waals surface area (Å²) in [6.45, 7) is 0.990. The van der Waals surface area contributed by atoms with Crippen molar-refractivity contribution in [2.24, 2.45) is 0 Å². The number of aromatic amines is 1. The first-order chi connectivity index (χ1) is 12.8. The van der Waals surface area contributed by atoms with Gasteiger partial charge in [-0.3, -0.25) is 4.79 Å². The number of nitrogens with one attached hydrogen (secondary N) is 1. The molecule has 4 heterocycles. The van der Waals surface area contributed by atoms with E-state index in [4.69, 9.17) is 0 Å². The van der Waals surface area contributed by atoms with Crippen LogP contribution in [0, 0.1) is 0 Å². The van der Waals surface area contributed by atoms with Gasteiger partial charge >= 0.3 is 0 Å². The topological polar surface area (TPSA) is 92.1 Å². The van der Waals surface area contributed by atoms with E-state index in [9.17, 15) is 4.79 Å².